The lowest BCUT2D eigenvalue weighted by molar-refractivity contribution is 0.247. The highest BCUT2D eigenvalue weighted by Gasteiger charge is 1.97. The van der Waals surface area contributed by atoms with E-state index in [0.717, 1.165) is 17.7 Å². The van der Waals surface area contributed by atoms with Crippen molar-refractivity contribution in [1.29, 1.82) is 0 Å². The molecule has 0 saturated carbocycles. The molecule has 0 fully saturated rings. The van der Waals surface area contributed by atoms with Gasteiger partial charge in [0.1, 0.15) is 11.5 Å². The molecule has 5 heteroatoms. The van der Waals surface area contributed by atoms with Gasteiger partial charge in [-0.3, -0.25) is 4.98 Å². The lowest BCUT2D eigenvalue weighted by Gasteiger charge is -2.08. The first kappa shape index (κ1) is 14.6. The molecule has 0 saturated heterocycles. The summed E-state index contributed by atoms with van der Waals surface area (Å²) in [7, 11) is 0. The molecule has 0 atom stereocenters. The zero-order chi connectivity index (χ0) is 14.2. The maximum absolute atomic E-state index is 5.81. The second kappa shape index (κ2) is 7.72. The summed E-state index contributed by atoms with van der Waals surface area (Å²) < 4.78 is 11.1. The summed E-state index contributed by atoms with van der Waals surface area (Å²) in [5.74, 6) is 1.51. The molecule has 4 nitrogen and oxygen atoms in total. The van der Waals surface area contributed by atoms with E-state index < -0.39 is 0 Å². The standard InChI is InChI=1S/C15H17ClN2O2/c16-13-8-15(11-18-10-13)20-7-1-6-19-14-4-2-12(9-17)3-5-14/h2-5,8,10-11H,1,6-7,9,17H2. The van der Waals surface area contributed by atoms with E-state index in [1.54, 1.807) is 18.5 Å². The van der Waals surface area contributed by atoms with E-state index in [-0.39, 0.29) is 0 Å². The number of aromatic nitrogens is 1. The number of halogens is 1. The van der Waals surface area contributed by atoms with Crippen LogP contribution in [0.25, 0.3) is 0 Å². The smallest absolute Gasteiger partial charge is 0.139 e. The van der Waals surface area contributed by atoms with Gasteiger partial charge in [-0.2, -0.15) is 0 Å². The van der Waals surface area contributed by atoms with Crippen LogP contribution in [-0.2, 0) is 6.54 Å². The Labute approximate surface area is 123 Å². The van der Waals surface area contributed by atoms with Gasteiger partial charge in [0.15, 0.2) is 0 Å². The quantitative estimate of drug-likeness (QED) is 0.797. The molecule has 1 aromatic heterocycles. The van der Waals surface area contributed by atoms with Gasteiger partial charge >= 0.3 is 0 Å². The van der Waals surface area contributed by atoms with Crippen LogP contribution in [0.4, 0.5) is 0 Å². The van der Waals surface area contributed by atoms with Crippen LogP contribution in [0.1, 0.15) is 12.0 Å². The molecule has 0 unspecified atom stereocenters. The molecule has 2 aromatic rings. The van der Waals surface area contributed by atoms with Crippen LogP contribution in [-0.4, -0.2) is 18.2 Å². The highest BCUT2D eigenvalue weighted by atomic mass is 35.5. The SMILES string of the molecule is NCc1ccc(OCCCOc2cncc(Cl)c2)cc1. The number of pyridine rings is 1. The number of benzene rings is 1. The van der Waals surface area contributed by atoms with Gasteiger partial charge in [0.25, 0.3) is 0 Å². The van der Waals surface area contributed by atoms with Gasteiger partial charge in [0.05, 0.1) is 24.4 Å². The highest BCUT2D eigenvalue weighted by Crippen LogP contribution is 2.15. The van der Waals surface area contributed by atoms with Crippen LogP contribution < -0.4 is 15.2 Å². The average Bonchev–Trinajstić information content (AvgIpc) is 2.48. The van der Waals surface area contributed by atoms with Gasteiger partial charge in [-0.1, -0.05) is 23.7 Å². The van der Waals surface area contributed by atoms with Gasteiger partial charge in [-0.25, -0.2) is 0 Å². The molecular weight excluding hydrogens is 276 g/mol. The van der Waals surface area contributed by atoms with E-state index >= 15 is 0 Å². The Morgan fingerprint density at radius 2 is 1.70 bits per heavy atom. The summed E-state index contributed by atoms with van der Waals surface area (Å²) in [5, 5.41) is 0.568. The Kier molecular flexibility index (Phi) is 5.65. The van der Waals surface area contributed by atoms with Crippen molar-refractivity contribution >= 4 is 11.6 Å². The molecule has 20 heavy (non-hydrogen) atoms. The fraction of sp³-hybridized carbons (Fsp3) is 0.267. The summed E-state index contributed by atoms with van der Waals surface area (Å²) in [6.45, 7) is 1.70. The molecule has 0 bridgehead atoms. The first-order valence-corrected chi connectivity index (χ1v) is 6.81. The van der Waals surface area contributed by atoms with E-state index in [0.29, 0.717) is 30.5 Å². The van der Waals surface area contributed by atoms with Crippen molar-refractivity contribution in [3.63, 3.8) is 0 Å². The van der Waals surface area contributed by atoms with Gasteiger partial charge in [-0.05, 0) is 17.7 Å². The van der Waals surface area contributed by atoms with Crippen LogP contribution in [0.3, 0.4) is 0 Å². The summed E-state index contributed by atoms with van der Waals surface area (Å²) in [6, 6.07) is 9.50. The first-order chi connectivity index (χ1) is 9.78. The lowest BCUT2D eigenvalue weighted by Crippen LogP contribution is -2.05. The first-order valence-electron chi connectivity index (χ1n) is 6.43. The third kappa shape index (κ3) is 4.72. The minimum Gasteiger partial charge on any atom is -0.493 e. The molecule has 106 valence electrons. The molecule has 0 aliphatic heterocycles. The molecule has 0 radical (unpaired) electrons. The van der Waals surface area contributed by atoms with E-state index in [9.17, 15) is 0 Å². The van der Waals surface area contributed by atoms with Crippen molar-refractivity contribution in [2.45, 2.75) is 13.0 Å². The van der Waals surface area contributed by atoms with E-state index in [1.165, 1.54) is 0 Å². The number of nitrogens with zero attached hydrogens (tertiary/aromatic N) is 1. The van der Waals surface area contributed by atoms with Gasteiger partial charge in [0, 0.05) is 25.2 Å². The van der Waals surface area contributed by atoms with Crippen molar-refractivity contribution in [2.75, 3.05) is 13.2 Å². The minimum absolute atomic E-state index is 0.543. The fourth-order valence-corrected chi connectivity index (χ4v) is 1.80. The van der Waals surface area contributed by atoms with Crippen molar-refractivity contribution < 1.29 is 9.47 Å². The Balaban J connectivity index is 1.66. The number of ether oxygens (including phenoxy) is 2. The van der Waals surface area contributed by atoms with Crippen LogP contribution in [0.5, 0.6) is 11.5 Å². The number of hydrogen-bond donors (Lipinski definition) is 1. The zero-order valence-electron chi connectivity index (χ0n) is 11.1. The third-order valence-electron chi connectivity index (χ3n) is 2.66. The fourth-order valence-electron chi connectivity index (χ4n) is 1.63. The third-order valence-corrected chi connectivity index (χ3v) is 2.87. The lowest BCUT2D eigenvalue weighted by atomic mass is 10.2. The molecule has 0 amide bonds. The normalized spacial score (nSPS) is 10.3. The molecular formula is C15H17ClN2O2. The maximum atomic E-state index is 5.81. The average molecular weight is 293 g/mol. The number of rotatable bonds is 7. The topological polar surface area (TPSA) is 57.4 Å². The van der Waals surface area contributed by atoms with Crippen molar-refractivity contribution in [2.24, 2.45) is 5.73 Å². The van der Waals surface area contributed by atoms with Gasteiger partial charge in [-0.15, -0.1) is 0 Å². The second-order valence-corrected chi connectivity index (χ2v) is 4.67. The van der Waals surface area contributed by atoms with Crippen molar-refractivity contribution in [1.82, 2.24) is 4.98 Å². The zero-order valence-corrected chi connectivity index (χ0v) is 11.8. The summed E-state index contributed by atoms with van der Waals surface area (Å²) in [6.07, 6.45) is 3.99. The Bertz CT molecular complexity index is 532. The van der Waals surface area contributed by atoms with Crippen LogP contribution >= 0.6 is 11.6 Å². The molecule has 0 aliphatic carbocycles. The van der Waals surface area contributed by atoms with E-state index in [1.807, 2.05) is 24.3 Å². The Morgan fingerprint density at radius 1 is 1.00 bits per heavy atom. The monoisotopic (exact) mass is 292 g/mol. The molecule has 0 aliphatic rings. The van der Waals surface area contributed by atoms with Crippen molar-refractivity contribution in [3.8, 4) is 11.5 Å². The predicted molar refractivity (Wildman–Crippen MR) is 79.2 cm³/mol. The summed E-state index contributed by atoms with van der Waals surface area (Å²) in [4.78, 5) is 3.95. The number of hydrogen-bond acceptors (Lipinski definition) is 4. The largest absolute Gasteiger partial charge is 0.493 e. The van der Waals surface area contributed by atoms with Gasteiger partial charge in [0.2, 0.25) is 0 Å². The second-order valence-electron chi connectivity index (χ2n) is 4.24. The molecule has 0 spiro atoms. The highest BCUT2D eigenvalue weighted by molar-refractivity contribution is 6.30. The maximum Gasteiger partial charge on any atom is 0.139 e. The van der Waals surface area contributed by atoms with Crippen LogP contribution in [0.2, 0.25) is 5.02 Å². The molecule has 1 heterocycles. The molecule has 2 N–H and O–H groups in total. The van der Waals surface area contributed by atoms with Gasteiger partial charge < -0.3 is 15.2 Å². The summed E-state index contributed by atoms with van der Waals surface area (Å²) in [5.41, 5.74) is 6.63. The molecule has 1 aromatic carbocycles. The van der Waals surface area contributed by atoms with E-state index in [4.69, 9.17) is 26.8 Å². The van der Waals surface area contributed by atoms with Crippen LogP contribution in [0.15, 0.2) is 42.7 Å². The van der Waals surface area contributed by atoms with E-state index in [2.05, 4.69) is 4.98 Å². The molecule has 2 rings (SSSR count). The Hall–Kier alpha value is -1.78. The van der Waals surface area contributed by atoms with Crippen molar-refractivity contribution in [3.05, 3.63) is 53.3 Å². The summed E-state index contributed by atoms with van der Waals surface area (Å²) >= 11 is 5.81. The minimum atomic E-state index is 0.543. The predicted octanol–water partition coefficient (Wildman–Crippen LogP) is 3.04. The van der Waals surface area contributed by atoms with Crippen LogP contribution in [0, 0.1) is 0 Å². The Morgan fingerprint density at radius 3 is 2.35 bits per heavy atom. The number of nitrogens with two attached hydrogens (primary N) is 1.